The minimum Gasteiger partial charge on any atom is -0.146 e. The molecule has 1 atom stereocenters. The third-order valence-electron chi connectivity index (χ3n) is 2.83. The lowest BCUT2D eigenvalue weighted by molar-refractivity contribution is 0.927. The fourth-order valence-electron chi connectivity index (χ4n) is 1.83. The van der Waals surface area contributed by atoms with Gasteiger partial charge in [0.1, 0.15) is 0 Å². The van der Waals surface area contributed by atoms with Crippen LogP contribution in [0.15, 0.2) is 29.6 Å². The number of hydrogen-bond acceptors (Lipinski definition) is 1. The molecule has 1 aromatic heterocycles. The van der Waals surface area contributed by atoms with Crippen LogP contribution in [0.25, 0.3) is 0 Å². The van der Waals surface area contributed by atoms with Crippen LogP contribution in [0, 0.1) is 13.8 Å². The minimum atomic E-state index is -0.0389. The number of halogens is 2. The molecule has 0 aliphatic carbocycles. The van der Waals surface area contributed by atoms with Crippen LogP contribution in [-0.2, 0) is 6.42 Å². The van der Waals surface area contributed by atoms with Gasteiger partial charge in [0.05, 0.1) is 10.4 Å². The van der Waals surface area contributed by atoms with Crippen molar-refractivity contribution in [2.75, 3.05) is 0 Å². The van der Waals surface area contributed by atoms with Gasteiger partial charge in [-0.05, 0) is 42.8 Å². The predicted molar refractivity (Wildman–Crippen MR) is 77.5 cm³/mol. The van der Waals surface area contributed by atoms with Crippen molar-refractivity contribution in [3.05, 3.63) is 56.2 Å². The lowest BCUT2D eigenvalue weighted by Gasteiger charge is -2.11. The lowest BCUT2D eigenvalue weighted by atomic mass is 10.0. The molecule has 0 bridgehead atoms. The van der Waals surface area contributed by atoms with Crippen LogP contribution in [0.4, 0.5) is 0 Å². The quantitative estimate of drug-likeness (QED) is 0.649. The Morgan fingerprint density at radius 1 is 1.24 bits per heavy atom. The molecule has 3 heteroatoms. The van der Waals surface area contributed by atoms with E-state index < -0.39 is 0 Å². The van der Waals surface area contributed by atoms with Crippen molar-refractivity contribution in [1.82, 2.24) is 0 Å². The average Bonchev–Trinajstić information content (AvgIpc) is 2.70. The number of aryl methyl sites for hydroxylation is 2. The largest absolute Gasteiger partial charge is 0.146 e. The van der Waals surface area contributed by atoms with E-state index in [4.69, 9.17) is 23.2 Å². The minimum absolute atomic E-state index is 0.0389. The number of alkyl halides is 1. The highest BCUT2D eigenvalue weighted by Gasteiger charge is 2.15. The first-order valence-corrected chi connectivity index (χ1v) is 7.20. The summed E-state index contributed by atoms with van der Waals surface area (Å²) < 4.78 is 0. The molecule has 2 aromatic rings. The lowest BCUT2D eigenvalue weighted by Crippen LogP contribution is -1.97. The zero-order chi connectivity index (χ0) is 12.4. The Bertz CT molecular complexity index is 517. The maximum Gasteiger partial charge on any atom is 0.0733 e. The van der Waals surface area contributed by atoms with E-state index in [-0.39, 0.29) is 5.38 Å². The van der Waals surface area contributed by atoms with Gasteiger partial charge < -0.3 is 0 Å². The molecule has 0 spiro atoms. The Hall–Kier alpha value is -0.500. The maximum atomic E-state index is 6.44. The van der Waals surface area contributed by atoms with Crippen LogP contribution >= 0.6 is 34.5 Å². The zero-order valence-electron chi connectivity index (χ0n) is 9.84. The van der Waals surface area contributed by atoms with Gasteiger partial charge in [0.2, 0.25) is 0 Å². The first-order valence-electron chi connectivity index (χ1n) is 5.51. The van der Waals surface area contributed by atoms with E-state index in [1.165, 1.54) is 16.7 Å². The van der Waals surface area contributed by atoms with E-state index in [9.17, 15) is 0 Å². The second kappa shape index (κ2) is 5.43. The Kier molecular flexibility index (Phi) is 4.13. The van der Waals surface area contributed by atoms with Gasteiger partial charge >= 0.3 is 0 Å². The number of hydrogen-bond donors (Lipinski definition) is 0. The SMILES string of the molecule is Cc1ccc(C)c(CC(Cl)c2sccc2Cl)c1. The van der Waals surface area contributed by atoms with Gasteiger partial charge in [-0.3, -0.25) is 0 Å². The Morgan fingerprint density at radius 2 is 2.00 bits per heavy atom. The molecule has 2 rings (SSSR count). The van der Waals surface area contributed by atoms with Gasteiger partial charge in [-0.15, -0.1) is 22.9 Å². The highest BCUT2D eigenvalue weighted by Crippen LogP contribution is 2.35. The van der Waals surface area contributed by atoms with Gasteiger partial charge in [0.15, 0.2) is 0 Å². The van der Waals surface area contributed by atoms with Crippen molar-refractivity contribution in [2.24, 2.45) is 0 Å². The van der Waals surface area contributed by atoms with Crippen molar-refractivity contribution in [1.29, 1.82) is 0 Å². The van der Waals surface area contributed by atoms with Crippen molar-refractivity contribution in [3.63, 3.8) is 0 Å². The monoisotopic (exact) mass is 284 g/mol. The number of thiophene rings is 1. The van der Waals surface area contributed by atoms with E-state index in [1.807, 2.05) is 11.4 Å². The molecule has 0 fully saturated rings. The van der Waals surface area contributed by atoms with Crippen LogP contribution in [0.3, 0.4) is 0 Å². The summed E-state index contributed by atoms with van der Waals surface area (Å²) in [6.07, 6.45) is 0.829. The molecule has 0 radical (unpaired) electrons. The zero-order valence-corrected chi connectivity index (χ0v) is 12.2. The van der Waals surface area contributed by atoms with Gasteiger partial charge in [-0.25, -0.2) is 0 Å². The summed E-state index contributed by atoms with van der Waals surface area (Å²) in [5, 5.41) is 2.72. The maximum absolute atomic E-state index is 6.44. The van der Waals surface area contributed by atoms with E-state index >= 15 is 0 Å². The molecule has 1 aromatic carbocycles. The molecule has 90 valence electrons. The van der Waals surface area contributed by atoms with Crippen LogP contribution in [-0.4, -0.2) is 0 Å². The molecule has 0 N–H and O–H groups in total. The molecule has 0 saturated heterocycles. The summed E-state index contributed by atoms with van der Waals surface area (Å²) in [5.41, 5.74) is 3.86. The first-order chi connectivity index (χ1) is 8.08. The summed E-state index contributed by atoms with van der Waals surface area (Å²) in [4.78, 5) is 1.06. The second-order valence-corrected chi connectivity index (χ2v) is 6.12. The number of rotatable bonds is 3. The standard InChI is InChI=1S/C14H14Cl2S/c1-9-3-4-10(2)11(7-9)8-13(16)14-12(15)5-6-17-14/h3-7,13H,8H2,1-2H3. The molecular formula is C14H14Cl2S. The van der Waals surface area contributed by atoms with Crippen LogP contribution in [0.2, 0.25) is 5.02 Å². The Labute approximate surface area is 116 Å². The molecule has 0 nitrogen and oxygen atoms in total. The summed E-state index contributed by atoms with van der Waals surface area (Å²) in [5.74, 6) is 0. The second-order valence-electron chi connectivity index (χ2n) is 4.23. The summed E-state index contributed by atoms with van der Waals surface area (Å²) in [7, 11) is 0. The van der Waals surface area contributed by atoms with Crippen LogP contribution in [0.1, 0.15) is 26.9 Å². The summed E-state index contributed by atoms with van der Waals surface area (Å²) in [6.45, 7) is 4.22. The van der Waals surface area contributed by atoms with E-state index in [0.717, 1.165) is 16.3 Å². The Morgan fingerprint density at radius 3 is 2.65 bits per heavy atom. The molecule has 0 amide bonds. The average molecular weight is 285 g/mol. The molecule has 0 saturated carbocycles. The predicted octanol–water partition coefficient (Wildman–Crippen LogP) is 5.54. The first kappa shape index (κ1) is 12.9. The number of benzene rings is 1. The third-order valence-corrected chi connectivity index (χ3v) is 4.81. The normalized spacial score (nSPS) is 12.7. The molecule has 1 unspecified atom stereocenters. The highest BCUT2D eigenvalue weighted by molar-refractivity contribution is 7.11. The van der Waals surface area contributed by atoms with Gasteiger partial charge in [-0.1, -0.05) is 35.4 Å². The fraction of sp³-hybridized carbons (Fsp3) is 0.286. The van der Waals surface area contributed by atoms with Crippen LogP contribution < -0.4 is 0 Å². The fourth-order valence-corrected chi connectivity index (χ4v) is 3.49. The van der Waals surface area contributed by atoms with E-state index in [0.29, 0.717) is 0 Å². The molecule has 17 heavy (non-hydrogen) atoms. The third kappa shape index (κ3) is 3.04. The summed E-state index contributed by atoms with van der Waals surface area (Å²) in [6, 6.07) is 8.37. The smallest absolute Gasteiger partial charge is 0.0733 e. The van der Waals surface area contributed by atoms with Crippen LogP contribution in [0.5, 0.6) is 0 Å². The molecule has 0 aliphatic heterocycles. The van der Waals surface area contributed by atoms with Crippen molar-refractivity contribution < 1.29 is 0 Å². The van der Waals surface area contributed by atoms with Crippen molar-refractivity contribution >= 4 is 34.5 Å². The highest BCUT2D eigenvalue weighted by atomic mass is 35.5. The Balaban J connectivity index is 2.21. The topological polar surface area (TPSA) is 0 Å². The van der Waals surface area contributed by atoms with Crippen molar-refractivity contribution in [3.8, 4) is 0 Å². The molecule has 0 aliphatic rings. The molecular weight excluding hydrogens is 271 g/mol. The van der Waals surface area contributed by atoms with E-state index in [2.05, 4.69) is 32.0 Å². The van der Waals surface area contributed by atoms with Crippen molar-refractivity contribution in [2.45, 2.75) is 25.6 Å². The van der Waals surface area contributed by atoms with Gasteiger partial charge in [0, 0.05) is 4.88 Å². The van der Waals surface area contributed by atoms with Gasteiger partial charge in [0.25, 0.3) is 0 Å². The molecule has 1 heterocycles. The summed E-state index contributed by atoms with van der Waals surface area (Å²) >= 11 is 14.2. The van der Waals surface area contributed by atoms with Gasteiger partial charge in [-0.2, -0.15) is 0 Å². The van der Waals surface area contributed by atoms with E-state index in [1.54, 1.807) is 11.3 Å².